The quantitative estimate of drug-likeness (QED) is 0.0584. The molecule has 734 valence electrons. The maximum Gasteiger partial charge on any atom is 0.225 e. The average molecular weight is 1820 g/mol. The summed E-state index contributed by atoms with van der Waals surface area (Å²) in [6.07, 6.45) is 15.5. The molecule has 10 rings (SSSR count). The smallest absolute Gasteiger partial charge is 0.225 e. The third-order valence-electron chi connectivity index (χ3n) is 17.7. The molecule has 34 N–H and O–H groups in total. The van der Waals surface area contributed by atoms with E-state index in [0.29, 0.717) is 102 Å². The topological polar surface area (TPSA) is 690 Å². The lowest BCUT2D eigenvalue weighted by atomic mass is 10.2. The van der Waals surface area contributed by atoms with Gasteiger partial charge in [-0.25, -0.2) is 20.0 Å². The van der Waals surface area contributed by atoms with Crippen LogP contribution in [0.1, 0.15) is 222 Å². The van der Waals surface area contributed by atoms with Crippen molar-refractivity contribution in [1.29, 1.82) is 10.8 Å². The van der Waals surface area contributed by atoms with Gasteiger partial charge in [-0.05, 0) is 135 Å². The van der Waals surface area contributed by atoms with Crippen molar-refractivity contribution in [1.82, 2.24) is 114 Å². The summed E-state index contributed by atoms with van der Waals surface area (Å²) in [6, 6.07) is 0. The molecule has 2 saturated heterocycles. The van der Waals surface area contributed by atoms with Gasteiger partial charge in [0.1, 0.15) is 24.7 Å². The monoisotopic (exact) mass is 1820 g/mol. The van der Waals surface area contributed by atoms with Crippen LogP contribution < -0.4 is 131 Å². The Morgan fingerprint density at radius 3 is 0.868 bits per heavy atom. The zero-order valence-electron chi connectivity index (χ0n) is 82.4. The molecule has 0 radical (unpaired) electrons. The van der Waals surface area contributed by atoms with Crippen LogP contribution in [-0.4, -0.2) is 318 Å². The fraction of sp³-hybridized carbons (Fsp3) is 0.747. The Kier molecular flexibility index (Phi) is 57.7. The molecular formula is C79H168N50. The highest BCUT2D eigenvalue weighted by Crippen LogP contribution is 2.07. The zero-order chi connectivity index (χ0) is 97.1. The number of nitrogens with two attached hydrogens (primary N) is 8. The highest BCUT2D eigenvalue weighted by Gasteiger charge is 2.24. The van der Waals surface area contributed by atoms with Crippen molar-refractivity contribution in [2.24, 2.45) is 136 Å². The summed E-state index contributed by atoms with van der Waals surface area (Å²) < 4.78 is 0. The van der Waals surface area contributed by atoms with E-state index < -0.39 is 0 Å². The van der Waals surface area contributed by atoms with E-state index in [4.69, 9.17) is 56.7 Å². The molecule has 0 aromatic heterocycles. The predicted octanol–water partition coefficient (Wildman–Crippen LogP) is -0.298. The summed E-state index contributed by atoms with van der Waals surface area (Å²) in [6.45, 7) is 48.9. The standard InChI is InChI=1S/C10H21N5.2C9H19N5.3C8H17N5.3C7H15N5.C6H13N5/c1-4-5-6-7-15(3)10-13-8(2)12-9(11)14-10;1-4-5-6-14(3)9-12-7(2)11-8(10)13-9;1-3-4-5-6-11-9-13-7(2)12-8(10)14-9;1-4-5-13(3)8-11-6(2)10-7(9)12-8;1-4-5-10-8-12-6(2)11-7(9)13(8)3;1-3-4-5-10-8-12-6(2)11-7(9)13-8;1-4-12(3)7-10-5(2)9-6(8)11-7;1-4-9-7-11-5(2)10-6(8)12(7)3;1-3-4-9-7-11-5(2)10-6(8)12-7;1-3-8-6-10-4(2)9-5(7)11-6/h8H,4-7H2,1-3H3,(H3,11,12,13,14);7H,4-6H2,1-3H3,(H3,10,11,12,13);7H,3-6H2,1-2H3,(H4,10,11,12,13,14);6H,4-5H2,1-3H3,(H3,9,10,11,12);6H,4-5H2,1-3H3,(H2,9,11)(H,10,12);6H,3-5H2,1-2H3,(H4,9,10,11,12,13);5H,4H2,1-3H3,(H3,8,9,10,11);5H,4H2,1-3H3,(H2,8,10)(H,9,11);5H,3-4H2,1-2H3,(H4,8,9,10,11,12);4H,3H2,1-2H3,(H4,7,8,9,10,11). The molecule has 2 fully saturated rings. The van der Waals surface area contributed by atoms with Crippen molar-refractivity contribution in [3.63, 3.8) is 0 Å². The number of hydrogen-bond donors (Lipinski definition) is 26. The number of unbranched alkanes of at least 4 members (excludes halogenated alkanes) is 6. The molecule has 0 aromatic carbocycles. The fourth-order valence-electron chi connectivity index (χ4n) is 11.1. The maximum atomic E-state index is 7.58. The molecule has 10 aliphatic heterocycles. The minimum absolute atomic E-state index is 0.0196. The Bertz CT molecular complexity index is 3860. The molecule has 10 aliphatic rings. The largest absolute Gasteiger partial charge is 0.370 e. The normalized spacial score (nSPS) is 23.9. The van der Waals surface area contributed by atoms with Crippen molar-refractivity contribution in [2.45, 2.75) is 284 Å². The first-order chi connectivity index (χ1) is 61.2. The third-order valence-corrected chi connectivity index (χ3v) is 17.7. The van der Waals surface area contributed by atoms with Gasteiger partial charge in [-0.1, -0.05) is 87.0 Å². The van der Waals surface area contributed by atoms with E-state index in [1.807, 2.05) is 147 Å². The van der Waals surface area contributed by atoms with Crippen molar-refractivity contribution >= 4 is 119 Å². The molecule has 0 saturated carbocycles. The molecule has 10 heterocycles. The Hall–Kier alpha value is -12.6. The number of guanidine groups is 20. The highest BCUT2D eigenvalue weighted by molar-refractivity contribution is 6.03. The van der Waals surface area contributed by atoms with Crippen LogP contribution >= 0.6 is 0 Å². The van der Waals surface area contributed by atoms with E-state index in [0.717, 1.165) is 128 Å². The van der Waals surface area contributed by atoms with Crippen LogP contribution in [0.4, 0.5) is 0 Å². The molecule has 50 heteroatoms. The van der Waals surface area contributed by atoms with E-state index in [1.165, 1.54) is 38.5 Å². The van der Waals surface area contributed by atoms with Crippen LogP contribution in [0, 0.1) is 10.8 Å². The Balaban J connectivity index is 0.000000717. The van der Waals surface area contributed by atoms with Gasteiger partial charge >= 0.3 is 0 Å². The Labute approximate surface area is 768 Å². The van der Waals surface area contributed by atoms with Crippen LogP contribution in [0.5, 0.6) is 0 Å². The first-order valence-corrected chi connectivity index (χ1v) is 45.3. The number of rotatable bonds is 23. The van der Waals surface area contributed by atoms with Crippen molar-refractivity contribution in [2.75, 3.05) is 108 Å². The van der Waals surface area contributed by atoms with Crippen molar-refractivity contribution in [3.8, 4) is 0 Å². The van der Waals surface area contributed by atoms with Crippen LogP contribution in [0.25, 0.3) is 0 Å². The van der Waals surface area contributed by atoms with Gasteiger partial charge in [-0.2, -0.15) is 39.9 Å². The first-order valence-electron chi connectivity index (χ1n) is 45.3. The minimum Gasteiger partial charge on any atom is -0.370 e. The van der Waals surface area contributed by atoms with E-state index in [1.54, 1.807) is 9.80 Å². The highest BCUT2D eigenvalue weighted by atomic mass is 15.5. The van der Waals surface area contributed by atoms with E-state index in [-0.39, 0.29) is 61.7 Å². The van der Waals surface area contributed by atoms with Gasteiger partial charge in [0.2, 0.25) is 59.6 Å². The van der Waals surface area contributed by atoms with E-state index in [9.17, 15) is 0 Å². The lowest BCUT2D eigenvalue weighted by molar-refractivity contribution is 0.462. The van der Waals surface area contributed by atoms with Gasteiger partial charge in [0.15, 0.2) is 59.6 Å². The molecule has 10 unspecified atom stereocenters. The third kappa shape index (κ3) is 51.1. The summed E-state index contributed by atoms with van der Waals surface area (Å²) in [5, 5.41) is 62.9. The molecule has 129 heavy (non-hydrogen) atoms. The molecular weight excluding hydrogens is 1650 g/mol. The zero-order valence-corrected chi connectivity index (χ0v) is 82.4. The molecule has 50 nitrogen and oxygen atoms in total. The number of aliphatic imine (C=N–C) groups is 18. The van der Waals surface area contributed by atoms with E-state index in [2.05, 4.69) is 228 Å². The summed E-state index contributed by atoms with van der Waals surface area (Å²) in [7, 11) is 11.5. The summed E-state index contributed by atoms with van der Waals surface area (Å²) in [5.74, 6) is 11.2. The summed E-state index contributed by atoms with van der Waals surface area (Å²) in [4.78, 5) is 86.7. The molecule has 0 spiro atoms. The van der Waals surface area contributed by atoms with Crippen LogP contribution in [0.15, 0.2) is 89.9 Å². The number of hydrogen-bond acceptors (Lipinski definition) is 36. The van der Waals surface area contributed by atoms with Gasteiger partial charge < -0.3 is 151 Å². The number of nitrogens with one attached hydrogen (secondary N) is 18. The van der Waals surface area contributed by atoms with Gasteiger partial charge in [-0.15, -0.1) is 0 Å². The summed E-state index contributed by atoms with van der Waals surface area (Å²) >= 11 is 0. The Morgan fingerprint density at radius 1 is 0.279 bits per heavy atom. The van der Waals surface area contributed by atoms with Gasteiger partial charge in [0.05, 0.1) is 37.0 Å². The van der Waals surface area contributed by atoms with Crippen LogP contribution in [0.2, 0.25) is 0 Å². The SMILES string of the molecule is CCCCCN(C)C1=NC(C)NC(N)=N1.CCCCCN=C1N=C(N)NC(C)N1.CCCCN(C)C1=NC(C)NC(N)=N1.CCCCN=C1N=C(N)NC(C)N1.CCCN(C)C1=NC(C)NC(N)=N1.CCCN=C1N=C(N)NC(C)N1.CCCN=C1NC(C)NC(=N)N1C.CCN(C)C1=NC(C)NC(N)=N1.CCN=C1N=C(N)NC(C)N1.CCN=C1NC(C)NC(=N)N1C. The first kappa shape index (κ1) is 114. The lowest BCUT2D eigenvalue weighted by Gasteiger charge is -2.33. The molecule has 0 bridgehead atoms. The predicted molar refractivity (Wildman–Crippen MR) is 540 cm³/mol. The van der Waals surface area contributed by atoms with Crippen LogP contribution in [-0.2, 0) is 0 Å². The second-order valence-electron chi connectivity index (χ2n) is 30.7. The molecule has 0 aromatic rings. The second-order valence-corrected chi connectivity index (χ2v) is 30.7. The lowest BCUT2D eigenvalue weighted by Crippen LogP contribution is -2.62. The fourth-order valence-corrected chi connectivity index (χ4v) is 11.1. The molecule has 0 amide bonds. The number of nitrogens with zero attached hydrogens (tertiary/aromatic N) is 24. The summed E-state index contributed by atoms with van der Waals surface area (Å²) in [5.41, 5.74) is 44.4. The van der Waals surface area contributed by atoms with Gasteiger partial charge in [0, 0.05) is 108 Å². The van der Waals surface area contributed by atoms with E-state index >= 15 is 0 Å². The molecule has 10 atom stereocenters. The minimum atomic E-state index is 0.0196. The second kappa shape index (κ2) is 65.0. The average Bonchev–Trinajstić information content (AvgIpc) is 0.482. The maximum absolute atomic E-state index is 7.58. The van der Waals surface area contributed by atoms with Gasteiger partial charge in [0.25, 0.3) is 0 Å². The Morgan fingerprint density at radius 2 is 0.558 bits per heavy atom. The van der Waals surface area contributed by atoms with Crippen LogP contribution in [0.3, 0.4) is 0 Å². The van der Waals surface area contributed by atoms with Crippen molar-refractivity contribution in [3.05, 3.63) is 0 Å². The van der Waals surface area contributed by atoms with Crippen molar-refractivity contribution < 1.29 is 0 Å². The van der Waals surface area contributed by atoms with Gasteiger partial charge in [-0.3, -0.25) is 50.6 Å². The molecule has 0 aliphatic carbocycles.